The maximum atomic E-state index is 13.3. The summed E-state index contributed by atoms with van der Waals surface area (Å²) < 4.78 is 12.7. The summed E-state index contributed by atoms with van der Waals surface area (Å²) in [4.78, 5) is 24.0. The van der Waals surface area contributed by atoms with Gasteiger partial charge in [0.2, 0.25) is 5.78 Å². The van der Waals surface area contributed by atoms with Crippen molar-refractivity contribution in [1.82, 2.24) is 24.7 Å². The smallest absolute Gasteiger partial charge is 0.214 e. The van der Waals surface area contributed by atoms with E-state index in [9.17, 15) is 4.79 Å². The zero-order chi connectivity index (χ0) is 21.8. The summed E-state index contributed by atoms with van der Waals surface area (Å²) in [6.45, 7) is 3.05. The molecule has 1 saturated heterocycles. The van der Waals surface area contributed by atoms with Crippen molar-refractivity contribution in [1.29, 1.82) is 0 Å². The fraction of sp³-hybridized carbons (Fsp3) is 0.174. The summed E-state index contributed by atoms with van der Waals surface area (Å²) >= 11 is 0. The Bertz CT molecular complexity index is 1490. The second kappa shape index (κ2) is 6.96. The third kappa shape index (κ3) is 2.94. The molecule has 1 aliphatic heterocycles. The molecule has 2 aromatic carbocycles. The van der Waals surface area contributed by atoms with E-state index in [1.807, 2.05) is 43.3 Å². The van der Waals surface area contributed by atoms with E-state index in [4.69, 9.17) is 15.2 Å². The van der Waals surface area contributed by atoms with Crippen LogP contribution in [0.25, 0.3) is 27.6 Å². The highest BCUT2D eigenvalue weighted by Gasteiger charge is 2.23. The van der Waals surface area contributed by atoms with Gasteiger partial charge in [-0.25, -0.2) is 9.67 Å². The molecular formula is C23H20N6O3. The van der Waals surface area contributed by atoms with Gasteiger partial charge in [0.1, 0.15) is 23.5 Å². The third-order valence-electron chi connectivity index (χ3n) is 5.65. The highest BCUT2D eigenvalue weighted by atomic mass is 16.6. The predicted molar refractivity (Wildman–Crippen MR) is 119 cm³/mol. The number of H-pyrrole nitrogens is 2. The monoisotopic (exact) mass is 428 g/mol. The first-order valence-corrected chi connectivity index (χ1v) is 10.3. The van der Waals surface area contributed by atoms with E-state index in [2.05, 4.69) is 20.1 Å². The summed E-state index contributed by atoms with van der Waals surface area (Å²) in [5, 5.41) is 5.20. The molecule has 0 bridgehead atoms. The van der Waals surface area contributed by atoms with Crippen LogP contribution in [0.5, 0.6) is 5.75 Å². The molecule has 3 aromatic heterocycles. The minimum atomic E-state index is -0.235. The highest BCUT2D eigenvalue weighted by molar-refractivity contribution is 6.13. The van der Waals surface area contributed by atoms with Gasteiger partial charge in [0, 0.05) is 10.9 Å². The summed E-state index contributed by atoms with van der Waals surface area (Å²) in [5.74, 6) is 1.58. The normalized spacial score (nSPS) is 14.2. The zero-order valence-electron chi connectivity index (χ0n) is 17.3. The number of anilines is 1. The minimum Gasteiger partial charge on any atom is -0.485 e. The van der Waals surface area contributed by atoms with E-state index in [-0.39, 0.29) is 17.7 Å². The molecule has 160 valence electrons. The molecule has 1 fully saturated rings. The summed E-state index contributed by atoms with van der Waals surface area (Å²) in [6, 6.07) is 13.2. The van der Waals surface area contributed by atoms with Crippen LogP contribution in [-0.2, 0) is 4.74 Å². The quantitative estimate of drug-likeness (QED) is 0.370. The maximum absolute atomic E-state index is 13.3. The number of hydrogen-bond donors (Lipinski definition) is 3. The molecule has 0 atom stereocenters. The van der Waals surface area contributed by atoms with Crippen LogP contribution in [0, 0.1) is 6.92 Å². The molecule has 0 radical (unpaired) electrons. The maximum Gasteiger partial charge on any atom is 0.214 e. The van der Waals surface area contributed by atoms with Crippen molar-refractivity contribution >= 4 is 33.5 Å². The number of fused-ring (bicyclic) bond motifs is 2. The second-order valence-corrected chi connectivity index (χ2v) is 7.89. The van der Waals surface area contributed by atoms with Gasteiger partial charge in [-0.05, 0) is 43.3 Å². The summed E-state index contributed by atoms with van der Waals surface area (Å²) in [7, 11) is 0. The molecular weight excluding hydrogens is 408 g/mol. The van der Waals surface area contributed by atoms with E-state index in [1.54, 1.807) is 10.7 Å². The molecule has 0 saturated carbocycles. The van der Waals surface area contributed by atoms with Gasteiger partial charge in [0.15, 0.2) is 0 Å². The van der Waals surface area contributed by atoms with Gasteiger partial charge in [-0.15, -0.1) is 0 Å². The molecule has 6 rings (SSSR count). The molecule has 32 heavy (non-hydrogen) atoms. The summed E-state index contributed by atoms with van der Waals surface area (Å²) in [5.41, 5.74) is 10.4. The molecule has 0 amide bonds. The molecule has 4 N–H and O–H groups in total. The molecule has 9 nitrogen and oxygen atoms in total. The Morgan fingerprint density at radius 3 is 2.88 bits per heavy atom. The number of aryl methyl sites for hydroxylation is 1. The largest absolute Gasteiger partial charge is 0.485 e. The highest BCUT2D eigenvalue weighted by Crippen LogP contribution is 2.30. The standard InChI is InChI=1S/C23H20N6O3/c1-12-26-18-6-5-13(7-19(18)27-12)29-23(24)16(9-25-29)22(30)20-8-15-17(28-20)3-2-4-21(15)32-14-10-31-11-14/h2-9,14,28H,10-11,24H2,1H3,(H,26,27). The number of benzene rings is 2. The fourth-order valence-electron chi connectivity index (χ4n) is 3.95. The molecule has 4 heterocycles. The molecule has 0 unspecified atom stereocenters. The predicted octanol–water partition coefficient (Wildman–Crippen LogP) is 3.13. The molecule has 9 heteroatoms. The number of carbonyl (C=O) groups excluding carboxylic acids is 1. The Morgan fingerprint density at radius 2 is 2.06 bits per heavy atom. The number of nitrogen functional groups attached to an aromatic ring is 1. The van der Waals surface area contributed by atoms with Gasteiger partial charge in [-0.3, -0.25) is 4.79 Å². The number of rotatable bonds is 5. The first kappa shape index (κ1) is 18.6. The van der Waals surface area contributed by atoms with E-state index >= 15 is 0 Å². The van der Waals surface area contributed by atoms with Crippen LogP contribution >= 0.6 is 0 Å². The molecule has 0 spiro atoms. The lowest BCUT2D eigenvalue weighted by atomic mass is 10.1. The van der Waals surface area contributed by atoms with Crippen molar-refractivity contribution in [2.45, 2.75) is 13.0 Å². The zero-order valence-corrected chi connectivity index (χ0v) is 17.3. The number of hydrogen-bond acceptors (Lipinski definition) is 6. The number of carbonyl (C=O) groups is 1. The number of ether oxygens (including phenoxy) is 2. The van der Waals surface area contributed by atoms with Crippen LogP contribution < -0.4 is 10.5 Å². The SMILES string of the molecule is Cc1nc2ccc(-n3ncc(C(=O)c4cc5c(OC6COC6)cccc5[nH]4)c3N)cc2[nH]1. The third-order valence-corrected chi connectivity index (χ3v) is 5.65. The number of nitrogens with two attached hydrogens (primary N) is 1. The number of aromatic amines is 2. The van der Waals surface area contributed by atoms with Gasteiger partial charge < -0.3 is 25.2 Å². The van der Waals surface area contributed by atoms with Gasteiger partial charge in [-0.1, -0.05) is 6.07 Å². The number of ketones is 1. The Kier molecular flexibility index (Phi) is 4.05. The lowest BCUT2D eigenvalue weighted by Crippen LogP contribution is -2.38. The van der Waals surface area contributed by atoms with Crippen molar-refractivity contribution < 1.29 is 14.3 Å². The van der Waals surface area contributed by atoms with Crippen LogP contribution in [0.2, 0.25) is 0 Å². The second-order valence-electron chi connectivity index (χ2n) is 7.89. The van der Waals surface area contributed by atoms with Crippen molar-refractivity contribution in [3.8, 4) is 11.4 Å². The molecule has 5 aromatic rings. The lowest BCUT2D eigenvalue weighted by molar-refractivity contribution is -0.0790. The van der Waals surface area contributed by atoms with Crippen molar-refractivity contribution in [3.05, 3.63) is 65.7 Å². The van der Waals surface area contributed by atoms with Crippen LogP contribution in [0.15, 0.2) is 48.7 Å². The van der Waals surface area contributed by atoms with Gasteiger partial charge in [0.05, 0.1) is 47.4 Å². The first-order valence-electron chi connectivity index (χ1n) is 10.3. The lowest BCUT2D eigenvalue weighted by Gasteiger charge is -2.26. The Labute approximate surface area is 182 Å². The van der Waals surface area contributed by atoms with E-state index < -0.39 is 0 Å². The molecule has 0 aliphatic carbocycles. The van der Waals surface area contributed by atoms with Crippen molar-refractivity contribution in [3.63, 3.8) is 0 Å². The molecule has 1 aliphatic rings. The van der Waals surface area contributed by atoms with Crippen LogP contribution in [-0.4, -0.2) is 49.8 Å². The number of imidazole rings is 1. The van der Waals surface area contributed by atoms with Gasteiger partial charge in [-0.2, -0.15) is 5.10 Å². The fourth-order valence-corrected chi connectivity index (χ4v) is 3.95. The first-order chi connectivity index (χ1) is 15.6. The average Bonchev–Trinajstić information content (AvgIpc) is 3.45. The number of nitrogens with zero attached hydrogens (tertiary/aromatic N) is 3. The van der Waals surface area contributed by atoms with Crippen molar-refractivity contribution in [2.24, 2.45) is 0 Å². The minimum absolute atomic E-state index is 0.0412. The van der Waals surface area contributed by atoms with E-state index in [0.29, 0.717) is 24.5 Å². The number of nitrogens with one attached hydrogen (secondary N) is 2. The Hall–Kier alpha value is -4.11. The van der Waals surface area contributed by atoms with Crippen LogP contribution in [0.4, 0.5) is 5.82 Å². The summed E-state index contributed by atoms with van der Waals surface area (Å²) in [6.07, 6.45) is 1.54. The van der Waals surface area contributed by atoms with Gasteiger partial charge in [0.25, 0.3) is 0 Å². The van der Waals surface area contributed by atoms with E-state index in [0.717, 1.165) is 39.2 Å². The van der Waals surface area contributed by atoms with Crippen LogP contribution in [0.3, 0.4) is 0 Å². The Balaban J connectivity index is 1.35. The topological polar surface area (TPSA) is 124 Å². The van der Waals surface area contributed by atoms with Crippen LogP contribution in [0.1, 0.15) is 21.9 Å². The van der Waals surface area contributed by atoms with Gasteiger partial charge >= 0.3 is 0 Å². The van der Waals surface area contributed by atoms with E-state index in [1.165, 1.54) is 6.20 Å². The van der Waals surface area contributed by atoms with Crippen molar-refractivity contribution in [2.75, 3.05) is 18.9 Å². The average molecular weight is 428 g/mol. The Morgan fingerprint density at radius 1 is 1.19 bits per heavy atom. The number of aromatic nitrogens is 5.